The molecule has 0 saturated heterocycles. The lowest BCUT2D eigenvalue weighted by Crippen LogP contribution is -2.29. The van der Waals surface area contributed by atoms with Crippen LogP contribution in [0.5, 0.6) is 5.88 Å². The van der Waals surface area contributed by atoms with Crippen molar-refractivity contribution in [1.82, 2.24) is 10.2 Å². The normalized spacial score (nSPS) is 11.0. The Labute approximate surface area is 166 Å². The van der Waals surface area contributed by atoms with Crippen molar-refractivity contribution in [1.29, 1.82) is 0 Å². The van der Waals surface area contributed by atoms with Gasteiger partial charge in [-0.05, 0) is 22.0 Å². The van der Waals surface area contributed by atoms with Crippen molar-refractivity contribution < 1.29 is 9.51 Å². The summed E-state index contributed by atoms with van der Waals surface area (Å²) in [5.74, 6) is -0.0721. The first-order valence-electron chi connectivity index (χ1n) is 8.91. The fourth-order valence-corrected chi connectivity index (χ4v) is 4.26. The first kappa shape index (κ1) is 16.6. The van der Waals surface area contributed by atoms with Gasteiger partial charge in [0.1, 0.15) is 0 Å². The Balaban J connectivity index is 1.86. The van der Waals surface area contributed by atoms with Crippen molar-refractivity contribution in [2.45, 2.75) is 0 Å². The molecule has 5 aromatic rings. The van der Waals surface area contributed by atoms with Gasteiger partial charge >= 0.3 is 4.96 Å². The van der Waals surface area contributed by atoms with Crippen LogP contribution in [0.25, 0.3) is 37.9 Å². The molecule has 134 valence electrons. The molecule has 3 aromatic carbocycles. The van der Waals surface area contributed by atoms with Crippen LogP contribution in [0.1, 0.15) is 0 Å². The topological polar surface area (TPSA) is 52.9 Å². The molecule has 0 unspecified atom stereocenters. The van der Waals surface area contributed by atoms with E-state index in [1.807, 2.05) is 91.0 Å². The predicted octanol–water partition coefficient (Wildman–Crippen LogP) is 4.35. The van der Waals surface area contributed by atoms with Crippen molar-refractivity contribution in [3.63, 3.8) is 0 Å². The monoisotopic (exact) mass is 381 g/mol. The van der Waals surface area contributed by atoms with Crippen molar-refractivity contribution in [2.75, 3.05) is 0 Å². The van der Waals surface area contributed by atoms with Crippen molar-refractivity contribution in [3.8, 4) is 38.8 Å². The minimum absolute atomic E-state index is 0.0721. The number of nitrogens with zero attached hydrogens (tertiary/aromatic N) is 3. The number of fused-ring (bicyclic) bond motifs is 1. The lowest BCUT2D eigenvalue weighted by atomic mass is 10.0. The number of hydrogen-bond acceptors (Lipinski definition) is 4. The molecular formula is C23H15N3OS. The molecule has 0 bridgehead atoms. The molecule has 0 fully saturated rings. The number of benzene rings is 3. The van der Waals surface area contributed by atoms with E-state index in [2.05, 4.69) is 10.2 Å². The summed E-state index contributed by atoms with van der Waals surface area (Å²) in [7, 11) is 0. The van der Waals surface area contributed by atoms with E-state index in [4.69, 9.17) is 0 Å². The fraction of sp³-hybridized carbons (Fsp3) is 0. The highest BCUT2D eigenvalue weighted by Crippen LogP contribution is 2.35. The number of hydrogen-bond donors (Lipinski definition) is 0. The average molecular weight is 381 g/mol. The lowest BCUT2D eigenvalue weighted by Gasteiger charge is -2.10. The number of aromatic nitrogens is 3. The second-order valence-corrected chi connectivity index (χ2v) is 7.33. The van der Waals surface area contributed by atoms with E-state index in [0.29, 0.717) is 15.5 Å². The molecule has 2 heterocycles. The van der Waals surface area contributed by atoms with Crippen LogP contribution in [0, 0.1) is 0 Å². The summed E-state index contributed by atoms with van der Waals surface area (Å²) in [6.07, 6.45) is 0. The number of thiazole rings is 1. The van der Waals surface area contributed by atoms with Gasteiger partial charge in [-0.1, -0.05) is 91.0 Å². The van der Waals surface area contributed by atoms with Crippen LogP contribution in [-0.2, 0) is 0 Å². The van der Waals surface area contributed by atoms with Gasteiger partial charge in [-0.2, -0.15) is 4.40 Å². The maximum atomic E-state index is 13.4. The Morgan fingerprint density at radius 1 is 0.643 bits per heavy atom. The van der Waals surface area contributed by atoms with Crippen LogP contribution < -0.4 is 9.51 Å². The molecule has 0 N–H and O–H groups in total. The van der Waals surface area contributed by atoms with E-state index >= 15 is 0 Å². The summed E-state index contributed by atoms with van der Waals surface area (Å²) < 4.78 is 1.69. The van der Waals surface area contributed by atoms with Gasteiger partial charge in [0.2, 0.25) is 0 Å². The molecule has 5 heteroatoms. The Hall–Kier alpha value is -3.57. The van der Waals surface area contributed by atoms with E-state index in [9.17, 15) is 5.11 Å². The third-order valence-corrected chi connectivity index (χ3v) is 5.66. The van der Waals surface area contributed by atoms with Crippen LogP contribution in [0.2, 0.25) is 0 Å². The highest BCUT2D eigenvalue weighted by molar-refractivity contribution is 7.20. The zero-order chi connectivity index (χ0) is 18.9. The van der Waals surface area contributed by atoms with E-state index in [-0.39, 0.29) is 5.88 Å². The highest BCUT2D eigenvalue weighted by Gasteiger charge is 2.25. The summed E-state index contributed by atoms with van der Waals surface area (Å²) in [6, 6.07) is 29.4. The van der Waals surface area contributed by atoms with E-state index < -0.39 is 0 Å². The third kappa shape index (κ3) is 2.73. The predicted molar refractivity (Wildman–Crippen MR) is 109 cm³/mol. The van der Waals surface area contributed by atoms with Gasteiger partial charge in [0.05, 0.1) is 15.9 Å². The van der Waals surface area contributed by atoms with Gasteiger partial charge in [0, 0.05) is 11.1 Å². The molecule has 0 spiro atoms. The van der Waals surface area contributed by atoms with Crippen LogP contribution >= 0.6 is 11.3 Å². The minimum atomic E-state index is -0.0721. The van der Waals surface area contributed by atoms with Crippen molar-refractivity contribution in [3.05, 3.63) is 91.0 Å². The zero-order valence-corrected chi connectivity index (χ0v) is 15.6. The van der Waals surface area contributed by atoms with Gasteiger partial charge in [0.25, 0.3) is 0 Å². The summed E-state index contributed by atoms with van der Waals surface area (Å²) >= 11 is 1.37. The second-order valence-electron chi connectivity index (χ2n) is 6.35. The zero-order valence-electron chi connectivity index (χ0n) is 14.8. The SMILES string of the molecule is [O-]c1c(-c2ccccc2)sc2nnc(-c3ccccc3)c(-c3ccccc3)[n+]12. The van der Waals surface area contributed by atoms with Gasteiger partial charge in [-0.3, -0.25) is 0 Å². The van der Waals surface area contributed by atoms with Crippen molar-refractivity contribution >= 4 is 16.3 Å². The van der Waals surface area contributed by atoms with Gasteiger partial charge in [-0.25, -0.2) is 0 Å². The molecule has 5 rings (SSSR count). The maximum Gasteiger partial charge on any atom is 0.413 e. The molecule has 28 heavy (non-hydrogen) atoms. The second kappa shape index (κ2) is 6.87. The van der Waals surface area contributed by atoms with E-state index in [1.165, 1.54) is 11.3 Å². The molecule has 0 radical (unpaired) electrons. The van der Waals surface area contributed by atoms with Gasteiger partial charge in [0.15, 0.2) is 11.4 Å². The molecule has 0 amide bonds. The average Bonchev–Trinajstić information content (AvgIpc) is 3.11. The quantitative estimate of drug-likeness (QED) is 0.437. The first-order valence-corrected chi connectivity index (χ1v) is 9.73. The van der Waals surface area contributed by atoms with Crippen molar-refractivity contribution in [2.24, 2.45) is 0 Å². The standard InChI is InChI=1S/C23H15N3OS/c27-22-21(18-14-8-3-9-15-18)28-23-25-24-19(16-10-4-1-5-11-16)20(26(22)23)17-12-6-2-7-13-17/h1-15H. The molecule has 0 saturated carbocycles. The number of rotatable bonds is 3. The molecule has 0 aliphatic rings. The molecule has 0 atom stereocenters. The molecule has 0 aliphatic carbocycles. The Morgan fingerprint density at radius 3 is 1.79 bits per heavy atom. The Morgan fingerprint density at radius 2 is 1.18 bits per heavy atom. The fourth-order valence-electron chi connectivity index (χ4n) is 3.30. The summed E-state index contributed by atoms with van der Waals surface area (Å²) in [4.78, 5) is 1.25. The van der Waals surface area contributed by atoms with Gasteiger partial charge in [-0.15, -0.1) is 0 Å². The minimum Gasteiger partial charge on any atom is -0.841 e. The van der Waals surface area contributed by atoms with E-state index in [1.54, 1.807) is 4.40 Å². The van der Waals surface area contributed by atoms with Crippen LogP contribution in [0.3, 0.4) is 0 Å². The van der Waals surface area contributed by atoms with Crippen LogP contribution in [0.4, 0.5) is 0 Å². The summed E-state index contributed by atoms with van der Waals surface area (Å²) in [5, 5.41) is 22.3. The highest BCUT2D eigenvalue weighted by atomic mass is 32.1. The summed E-state index contributed by atoms with van der Waals surface area (Å²) in [5.41, 5.74) is 4.21. The van der Waals surface area contributed by atoms with Gasteiger partial charge < -0.3 is 5.11 Å². The van der Waals surface area contributed by atoms with Crippen LogP contribution in [-0.4, -0.2) is 10.2 Å². The van der Waals surface area contributed by atoms with E-state index in [0.717, 1.165) is 22.4 Å². The Kier molecular flexibility index (Phi) is 4.07. The maximum absolute atomic E-state index is 13.4. The molecule has 2 aromatic heterocycles. The largest absolute Gasteiger partial charge is 0.841 e. The van der Waals surface area contributed by atoms with Crippen LogP contribution in [0.15, 0.2) is 91.0 Å². The summed E-state index contributed by atoms with van der Waals surface area (Å²) in [6.45, 7) is 0. The molecule has 4 nitrogen and oxygen atoms in total. The lowest BCUT2D eigenvalue weighted by molar-refractivity contribution is -0.573. The first-order chi connectivity index (χ1) is 13.8. The third-order valence-electron chi connectivity index (χ3n) is 4.60. The molecule has 0 aliphatic heterocycles. The smallest absolute Gasteiger partial charge is 0.413 e. The Bertz CT molecular complexity index is 1250. The molecular weight excluding hydrogens is 366 g/mol.